The van der Waals surface area contributed by atoms with Crippen LogP contribution in [0, 0.1) is 5.92 Å². The first-order valence-electron chi connectivity index (χ1n) is 9.00. The summed E-state index contributed by atoms with van der Waals surface area (Å²) in [4.78, 5) is 27.1. The van der Waals surface area contributed by atoms with Gasteiger partial charge in [-0.3, -0.25) is 9.59 Å². The summed E-state index contributed by atoms with van der Waals surface area (Å²) in [6.45, 7) is 7.62. The molecule has 1 heterocycles. The lowest BCUT2D eigenvalue weighted by Gasteiger charge is -2.34. The van der Waals surface area contributed by atoms with Crippen molar-refractivity contribution in [3.8, 4) is 5.75 Å². The van der Waals surface area contributed by atoms with Crippen molar-refractivity contribution in [2.24, 2.45) is 11.7 Å². The predicted molar refractivity (Wildman–Crippen MR) is 97.5 cm³/mol. The number of amides is 2. The number of likely N-dealkylation sites (tertiary alicyclic amines) is 1. The molecule has 0 aromatic heterocycles. The minimum Gasteiger partial charge on any atom is -0.494 e. The molecule has 0 saturated carbocycles. The summed E-state index contributed by atoms with van der Waals surface area (Å²) < 4.78 is 5.38. The number of rotatable bonds is 6. The zero-order valence-electron chi connectivity index (χ0n) is 15.3. The lowest BCUT2D eigenvalue weighted by atomic mass is 9.99. The second-order valence-electron chi connectivity index (χ2n) is 6.84. The van der Waals surface area contributed by atoms with Crippen LogP contribution in [-0.2, 0) is 4.79 Å². The van der Waals surface area contributed by atoms with Gasteiger partial charge in [0.25, 0.3) is 5.91 Å². The molecule has 1 aliphatic rings. The predicted octanol–water partition coefficient (Wildman–Crippen LogP) is 1.79. The van der Waals surface area contributed by atoms with Crippen LogP contribution >= 0.6 is 0 Å². The molecule has 0 spiro atoms. The van der Waals surface area contributed by atoms with Crippen molar-refractivity contribution in [2.45, 2.75) is 45.7 Å². The first-order valence-corrected chi connectivity index (χ1v) is 9.00. The molecule has 0 radical (unpaired) electrons. The molecule has 2 rings (SSSR count). The Morgan fingerprint density at radius 3 is 2.56 bits per heavy atom. The average molecular weight is 347 g/mol. The van der Waals surface area contributed by atoms with E-state index < -0.39 is 6.04 Å². The Balaban J connectivity index is 2.04. The molecule has 0 bridgehead atoms. The van der Waals surface area contributed by atoms with E-state index in [4.69, 9.17) is 10.5 Å². The fourth-order valence-corrected chi connectivity index (χ4v) is 3.01. The lowest BCUT2D eigenvalue weighted by molar-refractivity contribution is -0.135. The molecule has 1 aliphatic heterocycles. The van der Waals surface area contributed by atoms with E-state index in [1.54, 1.807) is 29.2 Å². The van der Waals surface area contributed by atoms with Gasteiger partial charge in [-0.2, -0.15) is 0 Å². The molecular weight excluding hydrogens is 318 g/mol. The Morgan fingerprint density at radius 2 is 2.00 bits per heavy atom. The maximum absolute atomic E-state index is 12.8. The number of hydrogen-bond donors (Lipinski definition) is 2. The van der Waals surface area contributed by atoms with Crippen molar-refractivity contribution in [1.82, 2.24) is 10.2 Å². The molecule has 3 N–H and O–H groups in total. The smallest absolute Gasteiger partial charge is 0.251 e. The highest BCUT2D eigenvalue weighted by Crippen LogP contribution is 2.15. The SMILES string of the molecule is CCOc1ccc(C(=O)NC(C(=O)N2CCCC(N)C2)C(C)C)cc1. The summed E-state index contributed by atoms with van der Waals surface area (Å²) in [7, 11) is 0. The number of carbonyl (C=O) groups is 2. The largest absolute Gasteiger partial charge is 0.494 e. The molecule has 25 heavy (non-hydrogen) atoms. The van der Waals surface area contributed by atoms with Crippen LogP contribution < -0.4 is 15.8 Å². The average Bonchev–Trinajstić information content (AvgIpc) is 2.59. The summed E-state index contributed by atoms with van der Waals surface area (Å²) in [5.41, 5.74) is 6.49. The highest BCUT2D eigenvalue weighted by Gasteiger charge is 2.31. The molecule has 0 aliphatic carbocycles. The molecule has 2 atom stereocenters. The first-order chi connectivity index (χ1) is 11.9. The molecule has 2 unspecified atom stereocenters. The van der Waals surface area contributed by atoms with Crippen molar-refractivity contribution >= 4 is 11.8 Å². The van der Waals surface area contributed by atoms with Gasteiger partial charge in [-0.05, 0) is 49.9 Å². The van der Waals surface area contributed by atoms with Gasteiger partial charge in [-0.15, -0.1) is 0 Å². The van der Waals surface area contributed by atoms with Crippen LogP contribution in [0.25, 0.3) is 0 Å². The van der Waals surface area contributed by atoms with Crippen LogP contribution in [0.3, 0.4) is 0 Å². The summed E-state index contributed by atoms with van der Waals surface area (Å²) in [5.74, 6) is 0.413. The van der Waals surface area contributed by atoms with Gasteiger partial charge in [0.15, 0.2) is 0 Å². The van der Waals surface area contributed by atoms with Crippen molar-refractivity contribution < 1.29 is 14.3 Å². The zero-order valence-corrected chi connectivity index (χ0v) is 15.3. The van der Waals surface area contributed by atoms with E-state index in [9.17, 15) is 9.59 Å². The number of nitrogens with one attached hydrogen (secondary N) is 1. The normalized spacial score (nSPS) is 18.8. The minimum absolute atomic E-state index is 0.00250. The van der Waals surface area contributed by atoms with Gasteiger partial charge < -0.3 is 20.7 Å². The second kappa shape index (κ2) is 8.85. The summed E-state index contributed by atoms with van der Waals surface area (Å²) in [6.07, 6.45) is 1.85. The number of ether oxygens (including phenoxy) is 1. The van der Waals surface area contributed by atoms with Crippen molar-refractivity contribution in [3.63, 3.8) is 0 Å². The number of piperidine rings is 1. The molecule has 1 fully saturated rings. The Labute approximate surface area is 149 Å². The van der Waals surface area contributed by atoms with E-state index in [1.165, 1.54) is 0 Å². The van der Waals surface area contributed by atoms with Crippen LogP contribution in [0.1, 0.15) is 44.0 Å². The van der Waals surface area contributed by atoms with E-state index in [0.717, 1.165) is 18.6 Å². The maximum Gasteiger partial charge on any atom is 0.251 e. The second-order valence-corrected chi connectivity index (χ2v) is 6.84. The van der Waals surface area contributed by atoms with Crippen molar-refractivity contribution in [1.29, 1.82) is 0 Å². The standard InChI is InChI=1S/C19H29N3O3/c1-4-25-16-9-7-14(8-10-16)18(23)21-17(13(2)3)19(24)22-11-5-6-15(20)12-22/h7-10,13,15,17H,4-6,11-12,20H2,1-3H3,(H,21,23). The first kappa shape index (κ1) is 19.2. The van der Waals surface area contributed by atoms with Crippen LogP contribution in [0.5, 0.6) is 5.75 Å². The van der Waals surface area contributed by atoms with E-state index in [2.05, 4.69) is 5.32 Å². The van der Waals surface area contributed by atoms with Gasteiger partial charge in [-0.25, -0.2) is 0 Å². The third kappa shape index (κ3) is 5.19. The zero-order chi connectivity index (χ0) is 18.4. The van der Waals surface area contributed by atoms with Crippen LogP contribution in [0.2, 0.25) is 0 Å². The quantitative estimate of drug-likeness (QED) is 0.822. The number of nitrogens with zero attached hydrogens (tertiary/aromatic N) is 1. The number of benzene rings is 1. The summed E-state index contributed by atoms with van der Waals surface area (Å²) in [5, 5.41) is 2.88. The van der Waals surface area contributed by atoms with Crippen LogP contribution in [0.4, 0.5) is 0 Å². The maximum atomic E-state index is 12.8. The van der Waals surface area contributed by atoms with Gasteiger partial charge in [0, 0.05) is 24.7 Å². The van der Waals surface area contributed by atoms with Gasteiger partial charge in [0.2, 0.25) is 5.91 Å². The molecule has 138 valence electrons. The van der Waals surface area contributed by atoms with Gasteiger partial charge in [-0.1, -0.05) is 13.8 Å². The van der Waals surface area contributed by atoms with Gasteiger partial charge in [0.05, 0.1) is 6.61 Å². The monoisotopic (exact) mass is 347 g/mol. The molecule has 2 amide bonds. The summed E-state index contributed by atoms with van der Waals surface area (Å²) >= 11 is 0. The van der Waals surface area contributed by atoms with Gasteiger partial charge >= 0.3 is 0 Å². The Bertz CT molecular complexity index is 586. The molecule has 1 aromatic carbocycles. The molecular formula is C19H29N3O3. The van der Waals surface area contributed by atoms with Gasteiger partial charge in [0.1, 0.15) is 11.8 Å². The molecule has 1 aromatic rings. The highest BCUT2D eigenvalue weighted by atomic mass is 16.5. The van der Waals surface area contributed by atoms with Crippen molar-refractivity contribution in [3.05, 3.63) is 29.8 Å². The Morgan fingerprint density at radius 1 is 1.32 bits per heavy atom. The fraction of sp³-hybridized carbons (Fsp3) is 0.579. The van der Waals surface area contributed by atoms with Crippen molar-refractivity contribution in [2.75, 3.05) is 19.7 Å². The lowest BCUT2D eigenvalue weighted by Crippen LogP contribution is -2.55. The third-order valence-electron chi connectivity index (χ3n) is 4.42. The van der Waals surface area contributed by atoms with E-state index in [-0.39, 0.29) is 23.8 Å². The Kier molecular flexibility index (Phi) is 6.82. The third-order valence-corrected chi connectivity index (χ3v) is 4.42. The van der Waals surface area contributed by atoms with E-state index in [0.29, 0.717) is 25.3 Å². The van der Waals surface area contributed by atoms with Crippen LogP contribution in [0.15, 0.2) is 24.3 Å². The van der Waals surface area contributed by atoms with E-state index in [1.807, 2.05) is 20.8 Å². The number of carbonyl (C=O) groups excluding carboxylic acids is 2. The molecule has 1 saturated heterocycles. The summed E-state index contributed by atoms with van der Waals surface area (Å²) in [6, 6.07) is 6.40. The molecule has 6 heteroatoms. The fourth-order valence-electron chi connectivity index (χ4n) is 3.01. The minimum atomic E-state index is -0.552. The Hall–Kier alpha value is -2.08. The highest BCUT2D eigenvalue weighted by molar-refractivity contribution is 5.97. The van der Waals surface area contributed by atoms with Crippen LogP contribution in [-0.4, -0.2) is 48.5 Å². The topological polar surface area (TPSA) is 84.7 Å². The number of hydrogen-bond acceptors (Lipinski definition) is 4. The molecule has 6 nitrogen and oxygen atoms in total. The number of nitrogens with two attached hydrogens (primary N) is 1. The van der Waals surface area contributed by atoms with E-state index >= 15 is 0 Å².